The first-order valence-electron chi connectivity index (χ1n) is 17.9. The second kappa shape index (κ2) is 30.9. The van der Waals surface area contributed by atoms with Crippen molar-refractivity contribution in [3.05, 3.63) is 0 Å². The second-order valence-corrected chi connectivity index (χ2v) is 12.2. The maximum Gasteiger partial charge on any atom is 0.309 e. The lowest BCUT2D eigenvalue weighted by Gasteiger charge is -2.23. The minimum absolute atomic E-state index is 0.00261. The number of carbonyl (C=O) groups is 2. The molecule has 0 amide bonds. The molecule has 0 spiro atoms. The van der Waals surface area contributed by atoms with Gasteiger partial charge in [-0.25, -0.2) is 0 Å². The molecule has 0 rings (SSSR count). The number of unbranched alkanes of at least 4 members (excludes halogenated alkanes) is 19. The van der Waals surface area contributed by atoms with Crippen molar-refractivity contribution in [2.24, 2.45) is 11.8 Å². The molecule has 0 N–H and O–H groups in total. The lowest BCUT2D eigenvalue weighted by molar-refractivity contribution is -0.151. The third-order valence-electron chi connectivity index (χ3n) is 8.54. The van der Waals surface area contributed by atoms with Crippen molar-refractivity contribution < 1.29 is 19.1 Å². The van der Waals surface area contributed by atoms with Crippen LogP contribution in [0.15, 0.2) is 0 Å². The van der Waals surface area contributed by atoms with Gasteiger partial charge in [-0.2, -0.15) is 0 Å². The number of rotatable bonds is 31. The van der Waals surface area contributed by atoms with Gasteiger partial charge in [-0.15, -0.1) is 0 Å². The quantitative estimate of drug-likeness (QED) is 0.0618. The van der Waals surface area contributed by atoms with Gasteiger partial charge in [0.2, 0.25) is 0 Å². The SMILES string of the molecule is CCCCCCOC(=O)CCCCCCCCCCCCCCCCC(CC)C(CC)C(=O)OCCCCCC. The van der Waals surface area contributed by atoms with Gasteiger partial charge in [0, 0.05) is 6.42 Å². The van der Waals surface area contributed by atoms with Crippen molar-refractivity contribution in [3.8, 4) is 0 Å². The Morgan fingerprint density at radius 3 is 1.35 bits per heavy atom. The summed E-state index contributed by atoms with van der Waals surface area (Å²) in [5.41, 5.74) is 0. The van der Waals surface area contributed by atoms with Crippen LogP contribution in [-0.4, -0.2) is 25.2 Å². The maximum atomic E-state index is 12.6. The molecule has 2 unspecified atom stereocenters. The Morgan fingerprint density at radius 1 is 0.475 bits per heavy atom. The van der Waals surface area contributed by atoms with Crippen LogP contribution in [0.3, 0.4) is 0 Å². The lowest BCUT2D eigenvalue weighted by atomic mass is 9.84. The summed E-state index contributed by atoms with van der Waals surface area (Å²) in [5.74, 6) is 0.619. The predicted molar refractivity (Wildman–Crippen MR) is 172 cm³/mol. The third-order valence-corrected chi connectivity index (χ3v) is 8.54. The number of esters is 2. The van der Waals surface area contributed by atoms with Crippen LogP contribution in [0.25, 0.3) is 0 Å². The summed E-state index contributed by atoms with van der Waals surface area (Å²) in [5, 5.41) is 0. The summed E-state index contributed by atoms with van der Waals surface area (Å²) in [4.78, 5) is 24.3. The normalized spacial score (nSPS) is 12.8. The first-order valence-corrected chi connectivity index (χ1v) is 17.9. The molecule has 0 aromatic heterocycles. The highest BCUT2D eigenvalue weighted by molar-refractivity contribution is 5.72. The number of hydrogen-bond donors (Lipinski definition) is 0. The number of ether oxygens (including phenoxy) is 2. The zero-order valence-corrected chi connectivity index (χ0v) is 27.6. The number of carbonyl (C=O) groups excluding carboxylic acids is 2. The fourth-order valence-corrected chi connectivity index (χ4v) is 5.78. The number of hydrogen-bond acceptors (Lipinski definition) is 4. The summed E-state index contributed by atoms with van der Waals surface area (Å²) in [6.45, 7) is 9.99. The lowest BCUT2D eigenvalue weighted by Crippen LogP contribution is -2.25. The minimum atomic E-state index is -0.00261. The average Bonchev–Trinajstić information content (AvgIpc) is 2.96. The van der Waals surface area contributed by atoms with E-state index in [-0.39, 0.29) is 17.9 Å². The van der Waals surface area contributed by atoms with Gasteiger partial charge >= 0.3 is 11.9 Å². The molecule has 0 heterocycles. The van der Waals surface area contributed by atoms with Gasteiger partial charge in [0.05, 0.1) is 19.1 Å². The average molecular weight is 567 g/mol. The van der Waals surface area contributed by atoms with E-state index in [4.69, 9.17) is 9.47 Å². The van der Waals surface area contributed by atoms with Crippen LogP contribution in [0.4, 0.5) is 0 Å². The van der Waals surface area contributed by atoms with E-state index in [0.29, 0.717) is 25.6 Å². The van der Waals surface area contributed by atoms with E-state index in [1.165, 1.54) is 122 Å². The second-order valence-electron chi connectivity index (χ2n) is 12.2. The molecule has 0 fully saturated rings. The Hall–Kier alpha value is -1.06. The van der Waals surface area contributed by atoms with Crippen LogP contribution in [0.1, 0.15) is 195 Å². The van der Waals surface area contributed by atoms with Gasteiger partial charge in [-0.1, -0.05) is 156 Å². The van der Waals surface area contributed by atoms with Crippen LogP contribution in [0.2, 0.25) is 0 Å². The van der Waals surface area contributed by atoms with Crippen LogP contribution in [-0.2, 0) is 19.1 Å². The highest BCUT2D eigenvalue weighted by Gasteiger charge is 2.26. The third kappa shape index (κ3) is 24.7. The van der Waals surface area contributed by atoms with Crippen molar-refractivity contribution in [3.63, 3.8) is 0 Å². The first kappa shape index (κ1) is 38.9. The monoisotopic (exact) mass is 567 g/mol. The Bertz CT molecular complexity index is 547. The Labute approximate surface area is 250 Å². The molecular formula is C36H70O4. The van der Waals surface area contributed by atoms with E-state index in [0.717, 1.165) is 38.5 Å². The summed E-state index contributed by atoms with van der Waals surface area (Å²) in [7, 11) is 0. The summed E-state index contributed by atoms with van der Waals surface area (Å²) < 4.78 is 10.9. The Kier molecular flexibility index (Phi) is 30.1. The summed E-state index contributed by atoms with van der Waals surface area (Å²) in [6, 6.07) is 0. The maximum absolute atomic E-state index is 12.6. The van der Waals surface area contributed by atoms with E-state index in [2.05, 4.69) is 27.7 Å². The molecule has 0 aliphatic heterocycles. The molecule has 238 valence electrons. The molecule has 0 aromatic carbocycles. The van der Waals surface area contributed by atoms with E-state index >= 15 is 0 Å². The zero-order chi connectivity index (χ0) is 29.5. The standard InChI is InChI=1S/C36H70O4/c1-5-9-11-27-31-39-35(37)30-26-24-22-20-18-16-14-13-15-17-19-21-23-25-29-33(7-3)34(8-4)36(38)40-32-28-12-10-6-2/h33-34H,5-32H2,1-4H3. The van der Waals surface area contributed by atoms with Crippen molar-refractivity contribution in [2.45, 2.75) is 195 Å². The Balaban J connectivity index is 3.54. The molecular weight excluding hydrogens is 496 g/mol. The van der Waals surface area contributed by atoms with Crippen molar-refractivity contribution >= 4 is 11.9 Å². The highest BCUT2D eigenvalue weighted by Crippen LogP contribution is 2.27. The largest absolute Gasteiger partial charge is 0.466 e. The minimum Gasteiger partial charge on any atom is -0.466 e. The van der Waals surface area contributed by atoms with Gasteiger partial charge in [-0.05, 0) is 38.0 Å². The Morgan fingerprint density at radius 2 is 0.900 bits per heavy atom. The molecule has 0 saturated carbocycles. The molecule has 0 aliphatic rings. The molecule has 2 atom stereocenters. The van der Waals surface area contributed by atoms with Crippen LogP contribution in [0.5, 0.6) is 0 Å². The van der Waals surface area contributed by atoms with Gasteiger partial charge in [0.25, 0.3) is 0 Å². The molecule has 40 heavy (non-hydrogen) atoms. The molecule has 0 radical (unpaired) electrons. The van der Waals surface area contributed by atoms with Gasteiger partial charge in [0.1, 0.15) is 0 Å². The smallest absolute Gasteiger partial charge is 0.309 e. The molecule has 0 aliphatic carbocycles. The van der Waals surface area contributed by atoms with E-state index in [1.54, 1.807) is 0 Å². The van der Waals surface area contributed by atoms with Crippen molar-refractivity contribution in [1.82, 2.24) is 0 Å². The zero-order valence-electron chi connectivity index (χ0n) is 27.6. The van der Waals surface area contributed by atoms with Crippen LogP contribution in [0, 0.1) is 11.8 Å². The van der Waals surface area contributed by atoms with E-state index in [9.17, 15) is 9.59 Å². The molecule has 0 aromatic rings. The van der Waals surface area contributed by atoms with Crippen LogP contribution >= 0.6 is 0 Å². The van der Waals surface area contributed by atoms with Gasteiger partial charge < -0.3 is 9.47 Å². The van der Waals surface area contributed by atoms with Gasteiger partial charge in [-0.3, -0.25) is 9.59 Å². The fraction of sp³-hybridized carbons (Fsp3) is 0.944. The van der Waals surface area contributed by atoms with E-state index < -0.39 is 0 Å². The molecule has 0 saturated heterocycles. The predicted octanol–water partition coefficient (Wildman–Crippen LogP) is 11.5. The molecule has 4 heteroatoms. The first-order chi connectivity index (χ1) is 19.6. The summed E-state index contributed by atoms with van der Waals surface area (Å²) >= 11 is 0. The fourth-order valence-electron chi connectivity index (χ4n) is 5.78. The topological polar surface area (TPSA) is 52.6 Å². The summed E-state index contributed by atoms with van der Waals surface area (Å²) in [6.07, 6.45) is 31.1. The van der Waals surface area contributed by atoms with Crippen molar-refractivity contribution in [1.29, 1.82) is 0 Å². The van der Waals surface area contributed by atoms with E-state index in [1.807, 2.05) is 0 Å². The molecule has 4 nitrogen and oxygen atoms in total. The highest BCUT2D eigenvalue weighted by atomic mass is 16.5. The van der Waals surface area contributed by atoms with Crippen molar-refractivity contribution in [2.75, 3.05) is 13.2 Å². The van der Waals surface area contributed by atoms with Crippen LogP contribution < -0.4 is 0 Å². The van der Waals surface area contributed by atoms with Gasteiger partial charge in [0.15, 0.2) is 0 Å². The molecule has 0 bridgehead atoms.